The van der Waals surface area contributed by atoms with Crippen molar-refractivity contribution >= 4 is 23.5 Å². The maximum absolute atomic E-state index is 9.06. The molecule has 0 aliphatic rings. The van der Waals surface area contributed by atoms with Crippen LogP contribution in [0.2, 0.25) is 0 Å². The van der Waals surface area contributed by atoms with Crippen LogP contribution in [0, 0.1) is 16.7 Å². The van der Waals surface area contributed by atoms with Gasteiger partial charge in [0.1, 0.15) is 11.9 Å². The molecule has 0 radical (unpaired) electrons. The van der Waals surface area contributed by atoms with Crippen LogP contribution in [0.3, 0.4) is 0 Å². The maximum Gasteiger partial charge on any atom is 0.234 e. The number of alkyl halides is 1. The molecule has 0 fully saturated rings. The van der Waals surface area contributed by atoms with Crippen molar-refractivity contribution in [2.75, 3.05) is 17.3 Å². The zero-order valence-electron chi connectivity index (χ0n) is 14.9. The number of nitriles is 1. The fourth-order valence-electron chi connectivity index (χ4n) is 2.50. The number of rotatable bonds is 6. The number of hydrogen-bond acceptors (Lipinski definition) is 4. The van der Waals surface area contributed by atoms with Gasteiger partial charge in [-0.1, -0.05) is 57.2 Å². The summed E-state index contributed by atoms with van der Waals surface area (Å²) in [6.45, 7) is 8.10. The molecule has 130 valence electrons. The summed E-state index contributed by atoms with van der Waals surface area (Å²) in [7, 11) is 0. The summed E-state index contributed by atoms with van der Waals surface area (Å²) < 4.78 is 0. The predicted octanol–water partition coefficient (Wildman–Crippen LogP) is 4.65. The minimum atomic E-state index is 0.0980. The summed E-state index contributed by atoms with van der Waals surface area (Å²) in [6.07, 6.45) is 5.57. The SMILES string of the molecule is CC(C)(C)CN(Cc1ccc(C=CCCl)cc1)c1ccnc(C#N)n1. The fraction of sp³-hybridized carbons (Fsp3) is 0.350. The molecule has 0 saturated carbocycles. The quantitative estimate of drug-likeness (QED) is 0.708. The third-order valence-electron chi connectivity index (χ3n) is 3.48. The van der Waals surface area contributed by atoms with E-state index in [-0.39, 0.29) is 11.2 Å². The first-order valence-corrected chi connectivity index (χ1v) is 8.74. The molecule has 0 bridgehead atoms. The number of anilines is 1. The summed E-state index contributed by atoms with van der Waals surface area (Å²) in [6, 6.07) is 12.2. The Hall–Kier alpha value is -2.38. The number of hydrogen-bond donors (Lipinski definition) is 0. The van der Waals surface area contributed by atoms with Gasteiger partial charge in [0.25, 0.3) is 0 Å². The van der Waals surface area contributed by atoms with E-state index in [2.05, 4.69) is 59.9 Å². The van der Waals surface area contributed by atoms with Gasteiger partial charge >= 0.3 is 0 Å². The number of nitrogens with zero attached hydrogens (tertiary/aromatic N) is 4. The molecule has 5 heteroatoms. The van der Waals surface area contributed by atoms with E-state index in [1.807, 2.05) is 24.3 Å². The molecule has 0 unspecified atom stereocenters. The summed E-state index contributed by atoms with van der Waals surface area (Å²) in [5.74, 6) is 1.47. The first-order chi connectivity index (χ1) is 11.9. The molecule has 25 heavy (non-hydrogen) atoms. The zero-order chi connectivity index (χ0) is 18.3. The van der Waals surface area contributed by atoms with E-state index in [4.69, 9.17) is 16.9 Å². The Labute approximate surface area is 154 Å². The van der Waals surface area contributed by atoms with Gasteiger partial charge in [0.2, 0.25) is 5.82 Å². The van der Waals surface area contributed by atoms with Crippen LogP contribution in [0.4, 0.5) is 5.82 Å². The molecular weight excluding hydrogens is 332 g/mol. The lowest BCUT2D eigenvalue weighted by molar-refractivity contribution is 0.407. The van der Waals surface area contributed by atoms with Gasteiger partial charge < -0.3 is 4.90 Å². The molecule has 1 aromatic heterocycles. The first kappa shape index (κ1) is 19.0. The van der Waals surface area contributed by atoms with Crippen LogP contribution >= 0.6 is 11.6 Å². The monoisotopic (exact) mass is 354 g/mol. The lowest BCUT2D eigenvalue weighted by Gasteiger charge is -2.31. The molecule has 1 aromatic carbocycles. The average molecular weight is 355 g/mol. The van der Waals surface area contributed by atoms with Gasteiger partial charge in [0.15, 0.2) is 0 Å². The minimum absolute atomic E-state index is 0.0980. The molecule has 0 N–H and O–H groups in total. The van der Waals surface area contributed by atoms with E-state index < -0.39 is 0 Å². The molecule has 2 aromatic rings. The van der Waals surface area contributed by atoms with Crippen molar-refractivity contribution in [3.63, 3.8) is 0 Å². The molecule has 0 spiro atoms. The van der Waals surface area contributed by atoms with Gasteiger partial charge in [0.05, 0.1) is 0 Å². The summed E-state index contributed by atoms with van der Waals surface area (Å²) >= 11 is 5.68. The summed E-state index contributed by atoms with van der Waals surface area (Å²) in [4.78, 5) is 10.5. The van der Waals surface area contributed by atoms with Crippen molar-refractivity contribution in [2.24, 2.45) is 5.41 Å². The second-order valence-electron chi connectivity index (χ2n) is 7.07. The third kappa shape index (κ3) is 6.21. The van der Waals surface area contributed by atoms with Crippen molar-refractivity contribution in [3.8, 4) is 6.07 Å². The Morgan fingerprint density at radius 3 is 2.52 bits per heavy atom. The summed E-state index contributed by atoms with van der Waals surface area (Å²) in [5, 5.41) is 9.06. The number of halogens is 1. The van der Waals surface area contributed by atoms with Crippen LogP contribution in [-0.4, -0.2) is 22.4 Å². The van der Waals surface area contributed by atoms with Gasteiger partial charge in [-0.25, -0.2) is 9.97 Å². The van der Waals surface area contributed by atoms with Gasteiger partial charge in [-0.15, -0.1) is 11.6 Å². The topological polar surface area (TPSA) is 52.8 Å². The maximum atomic E-state index is 9.06. The fourth-order valence-corrected chi connectivity index (χ4v) is 2.59. The van der Waals surface area contributed by atoms with E-state index in [0.717, 1.165) is 24.5 Å². The van der Waals surface area contributed by atoms with Crippen molar-refractivity contribution in [2.45, 2.75) is 27.3 Å². The Bertz CT molecular complexity index is 755. The van der Waals surface area contributed by atoms with Crippen LogP contribution < -0.4 is 4.90 Å². The molecule has 0 aliphatic heterocycles. The molecule has 0 aliphatic carbocycles. The Morgan fingerprint density at radius 2 is 1.92 bits per heavy atom. The molecule has 0 saturated heterocycles. The van der Waals surface area contributed by atoms with E-state index in [0.29, 0.717) is 5.88 Å². The minimum Gasteiger partial charge on any atom is -0.352 e. The van der Waals surface area contributed by atoms with Crippen LogP contribution in [0.5, 0.6) is 0 Å². The Balaban J connectivity index is 2.24. The number of allylic oxidation sites excluding steroid dienone is 1. The van der Waals surface area contributed by atoms with Gasteiger partial charge in [-0.05, 0) is 22.6 Å². The smallest absolute Gasteiger partial charge is 0.234 e. The van der Waals surface area contributed by atoms with Crippen molar-refractivity contribution in [1.29, 1.82) is 5.26 Å². The standard InChI is InChI=1S/C20H23ClN4/c1-20(2,3)15-25(19-10-12-23-18(13-22)24-19)14-17-8-6-16(7-9-17)5-4-11-21/h4-10,12H,11,14-15H2,1-3H3. The Morgan fingerprint density at radius 1 is 1.20 bits per heavy atom. The number of benzene rings is 1. The number of aromatic nitrogens is 2. The highest BCUT2D eigenvalue weighted by Gasteiger charge is 2.18. The van der Waals surface area contributed by atoms with Gasteiger partial charge in [-0.3, -0.25) is 0 Å². The van der Waals surface area contributed by atoms with Crippen LogP contribution in [0.1, 0.15) is 37.7 Å². The zero-order valence-corrected chi connectivity index (χ0v) is 15.7. The van der Waals surface area contributed by atoms with Crippen LogP contribution in [0.15, 0.2) is 42.6 Å². The van der Waals surface area contributed by atoms with Crippen LogP contribution in [-0.2, 0) is 6.54 Å². The molecule has 0 atom stereocenters. The molecule has 1 heterocycles. The largest absolute Gasteiger partial charge is 0.352 e. The lowest BCUT2D eigenvalue weighted by Crippen LogP contribution is -2.33. The molecule has 2 rings (SSSR count). The Kier molecular flexibility index (Phi) is 6.55. The van der Waals surface area contributed by atoms with E-state index in [1.165, 1.54) is 5.56 Å². The molecule has 0 amide bonds. The normalized spacial score (nSPS) is 11.5. The van der Waals surface area contributed by atoms with Crippen molar-refractivity contribution < 1.29 is 0 Å². The van der Waals surface area contributed by atoms with Crippen molar-refractivity contribution in [3.05, 3.63) is 59.6 Å². The van der Waals surface area contributed by atoms with Gasteiger partial charge in [-0.2, -0.15) is 5.26 Å². The lowest BCUT2D eigenvalue weighted by atomic mass is 9.95. The van der Waals surface area contributed by atoms with Gasteiger partial charge in [0, 0.05) is 25.2 Å². The highest BCUT2D eigenvalue weighted by Crippen LogP contribution is 2.22. The van der Waals surface area contributed by atoms with E-state index >= 15 is 0 Å². The first-order valence-electron chi connectivity index (χ1n) is 8.21. The molecular formula is C20H23ClN4. The second kappa shape index (κ2) is 8.64. The average Bonchev–Trinajstić information content (AvgIpc) is 2.59. The van der Waals surface area contributed by atoms with E-state index in [9.17, 15) is 0 Å². The highest BCUT2D eigenvalue weighted by molar-refractivity contribution is 6.19. The van der Waals surface area contributed by atoms with Crippen LogP contribution in [0.25, 0.3) is 6.08 Å². The van der Waals surface area contributed by atoms with E-state index in [1.54, 1.807) is 6.20 Å². The second-order valence-corrected chi connectivity index (χ2v) is 7.37. The third-order valence-corrected chi connectivity index (χ3v) is 3.66. The summed E-state index contributed by atoms with van der Waals surface area (Å²) in [5.41, 5.74) is 2.41. The molecule has 4 nitrogen and oxygen atoms in total. The highest BCUT2D eigenvalue weighted by atomic mass is 35.5. The predicted molar refractivity (Wildman–Crippen MR) is 103 cm³/mol. The van der Waals surface area contributed by atoms with Crippen molar-refractivity contribution in [1.82, 2.24) is 9.97 Å².